The molecule has 0 bridgehead atoms. The van der Waals surface area contributed by atoms with E-state index in [1.54, 1.807) is 0 Å². The van der Waals surface area contributed by atoms with E-state index in [1.807, 2.05) is 24.4 Å². The Morgan fingerprint density at radius 3 is 3.06 bits per heavy atom. The highest BCUT2D eigenvalue weighted by Crippen LogP contribution is 2.54. The fourth-order valence-electron chi connectivity index (χ4n) is 2.75. The number of rotatable bonds is 1. The molecule has 0 radical (unpaired) electrons. The van der Waals surface area contributed by atoms with E-state index in [2.05, 4.69) is 19.9 Å². The van der Waals surface area contributed by atoms with Crippen molar-refractivity contribution in [3.05, 3.63) is 30.2 Å². The summed E-state index contributed by atoms with van der Waals surface area (Å²) in [5.74, 6) is 1.07. The monoisotopic (exact) mass is 214 g/mol. The summed E-state index contributed by atoms with van der Waals surface area (Å²) in [4.78, 5) is 0. The van der Waals surface area contributed by atoms with Crippen LogP contribution in [0.15, 0.2) is 24.4 Å². The number of aromatic nitrogens is 3. The fourth-order valence-corrected chi connectivity index (χ4v) is 2.75. The van der Waals surface area contributed by atoms with Crippen LogP contribution in [0.25, 0.3) is 5.65 Å². The van der Waals surface area contributed by atoms with Gasteiger partial charge >= 0.3 is 0 Å². The molecule has 0 unspecified atom stereocenters. The first kappa shape index (κ1) is 8.70. The molecule has 3 heterocycles. The van der Waals surface area contributed by atoms with Crippen molar-refractivity contribution in [2.24, 2.45) is 5.41 Å². The standard InChI is InChI=1S/C12H14N4/c1-2-6-16-10(3-1)14-15-11(16)9-7-12(4-5-12)8-13-9/h1-3,6,9,13H,4-5,7-8H2/t9-/m0/s1. The molecular formula is C12H14N4. The van der Waals surface area contributed by atoms with Crippen molar-refractivity contribution in [1.82, 2.24) is 19.9 Å². The van der Waals surface area contributed by atoms with Crippen molar-refractivity contribution in [3.63, 3.8) is 0 Å². The lowest BCUT2D eigenvalue weighted by atomic mass is 10.0. The van der Waals surface area contributed by atoms with Crippen molar-refractivity contribution in [1.29, 1.82) is 0 Å². The maximum absolute atomic E-state index is 4.32. The summed E-state index contributed by atoms with van der Waals surface area (Å²) in [6.45, 7) is 1.15. The SMILES string of the molecule is c1ccn2c([C@@H]3CC4(CC4)CN3)nnc2c1. The molecule has 4 nitrogen and oxygen atoms in total. The smallest absolute Gasteiger partial charge is 0.160 e. The third kappa shape index (κ3) is 1.13. The van der Waals surface area contributed by atoms with Crippen LogP contribution in [0, 0.1) is 5.41 Å². The Morgan fingerprint density at radius 1 is 1.31 bits per heavy atom. The van der Waals surface area contributed by atoms with E-state index in [0.29, 0.717) is 11.5 Å². The Bertz CT molecular complexity index is 541. The lowest BCUT2D eigenvalue weighted by Gasteiger charge is -2.07. The molecule has 2 aromatic rings. The van der Waals surface area contributed by atoms with Crippen LogP contribution in [0.3, 0.4) is 0 Å². The second-order valence-electron chi connectivity index (χ2n) is 5.12. The van der Waals surface area contributed by atoms with Gasteiger partial charge < -0.3 is 5.32 Å². The molecule has 0 amide bonds. The molecule has 4 rings (SSSR count). The van der Waals surface area contributed by atoms with Gasteiger partial charge in [0.15, 0.2) is 11.5 Å². The number of pyridine rings is 1. The minimum absolute atomic E-state index is 0.389. The minimum atomic E-state index is 0.389. The Balaban J connectivity index is 1.76. The van der Waals surface area contributed by atoms with Gasteiger partial charge in [0.05, 0.1) is 6.04 Å². The van der Waals surface area contributed by atoms with Crippen molar-refractivity contribution < 1.29 is 0 Å². The molecule has 4 heteroatoms. The maximum atomic E-state index is 4.32. The van der Waals surface area contributed by atoms with Crippen LogP contribution in [0.4, 0.5) is 0 Å². The first-order valence-corrected chi connectivity index (χ1v) is 5.89. The van der Waals surface area contributed by atoms with Crippen LogP contribution in [-0.4, -0.2) is 21.1 Å². The molecule has 0 aromatic carbocycles. The summed E-state index contributed by atoms with van der Waals surface area (Å²) in [5, 5.41) is 12.1. The Morgan fingerprint density at radius 2 is 2.25 bits per heavy atom. The summed E-state index contributed by atoms with van der Waals surface area (Å²) >= 11 is 0. The predicted octanol–water partition coefficient (Wildman–Crippen LogP) is 1.54. The number of hydrogen-bond acceptors (Lipinski definition) is 3. The largest absolute Gasteiger partial charge is 0.307 e. The van der Waals surface area contributed by atoms with Gasteiger partial charge in [-0.25, -0.2) is 0 Å². The highest BCUT2D eigenvalue weighted by molar-refractivity contribution is 5.37. The van der Waals surface area contributed by atoms with Gasteiger partial charge in [-0.2, -0.15) is 0 Å². The Kier molecular flexibility index (Phi) is 1.54. The van der Waals surface area contributed by atoms with Gasteiger partial charge in [0.1, 0.15) is 0 Å². The van der Waals surface area contributed by atoms with Crippen LogP contribution < -0.4 is 5.32 Å². The summed E-state index contributed by atoms with van der Waals surface area (Å²) in [6.07, 6.45) is 6.04. The van der Waals surface area contributed by atoms with E-state index in [0.717, 1.165) is 18.0 Å². The summed E-state index contributed by atoms with van der Waals surface area (Å²) in [7, 11) is 0. The molecule has 2 aromatic heterocycles. The van der Waals surface area contributed by atoms with E-state index in [9.17, 15) is 0 Å². The topological polar surface area (TPSA) is 42.2 Å². The minimum Gasteiger partial charge on any atom is -0.307 e. The quantitative estimate of drug-likeness (QED) is 0.783. The second-order valence-corrected chi connectivity index (χ2v) is 5.12. The van der Waals surface area contributed by atoms with Crippen LogP contribution >= 0.6 is 0 Å². The van der Waals surface area contributed by atoms with Gasteiger partial charge in [-0.05, 0) is 36.8 Å². The molecule has 2 aliphatic rings. The zero-order valence-electron chi connectivity index (χ0n) is 9.06. The predicted molar refractivity (Wildman–Crippen MR) is 60.0 cm³/mol. The van der Waals surface area contributed by atoms with Crippen LogP contribution in [-0.2, 0) is 0 Å². The molecule has 1 spiro atoms. The van der Waals surface area contributed by atoms with Gasteiger partial charge in [-0.3, -0.25) is 4.40 Å². The molecule has 1 N–H and O–H groups in total. The summed E-state index contributed by atoms with van der Waals surface area (Å²) in [5.41, 5.74) is 1.54. The Hall–Kier alpha value is -1.42. The molecule has 1 aliphatic heterocycles. The highest BCUT2D eigenvalue weighted by Gasteiger charge is 2.49. The highest BCUT2D eigenvalue weighted by atomic mass is 15.3. The van der Waals surface area contributed by atoms with E-state index in [-0.39, 0.29) is 0 Å². The number of nitrogens with zero attached hydrogens (tertiary/aromatic N) is 3. The average Bonchev–Trinajstić information content (AvgIpc) is 2.75. The van der Waals surface area contributed by atoms with E-state index in [1.165, 1.54) is 19.3 Å². The normalized spacial score (nSPS) is 26.6. The Labute approximate surface area is 93.7 Å². The number of nitrogens with one attached hydrogen (secondary N) is 1. The first-order valence-electron chi connectivity index (χ1n) is 5.89. The molecule has 82 valence electrons. The summed E-state index contributed by atoms with van der Waals surface area (Å²) < 4.78 is 2.10. The molecule has 2 fully saturated rings. The molecule has 1 saturated carbocycles. The molecular weight excluding hydrogens is 200 g/mol. The van der Waals surface area contributed by atoms with Crippen molar-refractivity contribution in [3.8, 4) is 0 Å². The van der Waals surface area contributed by atoms with E-state index < -0.39 is 0 Å². The van der Waals surface area contributed by atoms with Crippen LogP contribution in [0.1, 0.15) is 31.1 Å². The van der Waals surface area contributed by atoms with Gasteiger partial charge in [0.25, 0.3) is 0 Å². The van der Waals surface area contributed by atoms with Gasteiger partial charge in [0.2, 0.25) is 0 Å². The molecule has 1 saturated heterocycles. The third-order valence-electron chi connectivity index (χ3n) is 3.97. The van der Waals surface area contributed by atoms with Crippen molar-refractivity contribution in [2.45, 2.75) is 25.3 Å². The lowest BCUT2D eigenvalue weighted by Crippen LogP contribution is -2.16. The van der Waals surface area contributed by atoms with Gasteiger partial charge in [0, 0.05) is 12.7 Å². The summed E-state index contributed by atoms with van der Waals surface area (Å²) in [6, 6.07) is 6.41. The fraction of sp³-hybridized carbons (Fsp3) is 0.500. The molecule has 1 aliphatic carbocycles. The van der Waals surface area contributed by atoms with E-state index in [4.69, 9.17) is 0 Å². The molecule has 1 atom stereocenters. The van der Waals surface area contributed by atoms with Gasteiger partial charge in [-0.15, -0.1) is 10.2 Å². The lowest BCUT2D eigenvalue weighted by molar-refractivity contribution is 0.538. The van der Waals surface area contributed by atoms with Gasteiger partial charge in [-0.1, -0.05) is 6.07 Å². The zero-order chi connectivity index (χ0) is 10.6. The third-order valence-corrected chi connectivity index (χ3v) is 3.97. The van der Waals surface area contributed by atoms with Crippen molar-refractivity contribution >= 4 is 5.65 Å². The van der Waals surface area contributed by atoms with Crippen molar-refractivity contribution in [2.75, 3.05) is 6.54 Å². The van der Waals surface area contributed by atoms with Crippen LogP contribution in [0.2, 0.25) is 0 Å². The van der Waals surface area contributed by atoms with Crippen LogP contribution in [0.5, 0.6) is 0 Å². The van der Waals surface area contributed by atoms with E-state index >= 15 is 0 Å². The maximum Gasteiger partial charge on any atom is 0.160 e. The zero-order valence-corrected chi connectivity index (χ0v) is 9.06. The molecule has 16 heavy (non-hydrogen) atoms. The number of fused-ring (bicyclic) bond motifs is 1. The first-order chi connectivity index (χ1) is 7.86. The average molecular weight is 214 g/mol. The second kappa shape index (κ2) is 2.83. The number of hydrogen-bond donors (Lipinski definition) is 1.